The number of hydrogen-bond donors (Lipinski definition) is 2. The molecule has 0 aromatic carbocycles. The molecule has 0 bridgehead atoms. The zero-order valence-corrected chi connectivity index (χ0v) is 12.2. The van der Waals surface area contributed by atoms with Crippen LogP contribution in [0.1, 0.15) is 0 Å². The van der Waals surface area contributed by atoms with Crippen molar-refractivity contribution in [3.8, 4) is 0 Å². The van der Waals surface area contributed by atoms with Crippen molar-refractivity contribution in [1.29, 1.82) is 0 Å². The van der Waals surface area contributed by atoms with Gasteiger partial charge in [-0.1, -0.05) is 11.6 Å². The van der Waals surface area contributed by atoms with Crippen LogP contribution in [0.2, 0.25) is 5.02 Å². The SMILES string of the molecule is O=C(O)CNC(=O)CN1CCN(c2ccc(Cl)cn2)CC1. The van der Waals surface area contributed by atoms with Crippen molar-refractivity contribution < 1.29 is 14.7 Å². The number of carboxylic acids is 1. The molecule has 0 spiro atoms. The van der Waals surface area contributed by atoms with Crippen LogP contribution in [-0.4, -0.2) is 66.1 Å². The summed E-state index contributed by atoms with van der Waals surface area (Å²) in [4.78, 5) is 30.3. The number of carboxylic acid groups (broad SMARTS) is 1. The highest BCUT2D eigenvalue weighted by atomic mass is 35.5. The highest BCUT2D eigenvalue weighted by Gasteiger charge is 2.19. The van der Waals surface area contributed by atoms with Gasteiger partial charge in [0, 0.05) is 32.4 Å². The summed E-state index contributed by atoms with van der Waals surface area (Å²) in [6.07, 6.45) is 1.61. The Bertz CT molecular complexity index is 501. The summed E-state index contributed by atoms with van der Waals surface area (Å²) in [6, 6.07) is 3.67. The fourth-order valence-electron chi connectivity index (χ4n) is 2.12. The third-order valence-corrected chi connectivity index (χ3v) is 3.44. The Morgan fingerprint density at radius 1 is 1.29 bits per heavy atom. The first-order valence-corrected chi connectivity index (χ1v) is 7.00. The number of aliphatic carboxylic acids is 1. The largest absolute Gasteiger partial charge is 0.480 e. The molecule has 0 aliphatic carbocycles. The molecule has 21 heavy (non-hydrogen) atoms. The summed E-state index contributed by atoms with van der Waals surface area (Å²) in [6.45, 7) is 2.86. The number of pyridine rings is 1. The molecule has 1 aliphatic rings. The minimum absolute atomic E-state index is 0.217. The van der Waals surface area contributed by atoms with E-state index in [4.69, 9.17) is 16.7 Å². The molecule has 0 unspecified atom stereocenters. The predicted octanol–water partition coefficient (Wildman–Crippen LogP) is 0.0578. The van der Waals surface area contributed by atoms with E-state index in [1.807, 2.05) is 11.0 Å². The number of nitrogens with one attached hydrogen (secondary N) is 1. The Morgan fingerprint density at radius 2 is 2.00 bits per heavy atom. The van der Waals surface area contributed by atoms with Crippen LogP contribution in [0, 0.1) is 0 Å². The molecule has 1 aliphatic heterocycles. The maximum atomic E-state index is 11.5. The van der Waals surface area contributed by atoms with Gasteiger partial charge in [0.15, 0.2) is 0 Å². The molecule has 1 amide bonds. The Morgan fingerprint density at radius 3 is 2.57 bits per heavy atom. The van der Waals surface area contributed by atoms with E-state index in [-0.39, 0.29) is 19.0 Å². The number of anilines is 1. The number of halogens is 1. The standard InChI is InChI=1S/C13H17ClN4O3/c14-10-1-2-11(15-7-10)18-5-3-17(4-6-18)9-12(19)16-8-13(20)21/h1-2,7H,3-6,8-9H2,(H,16,19)(H,20,21). The van der Waals surface area contributed by atoms with Crippen LogP contribution in [0.25, 0.3) is 0 Å². The zero-order chi connectivity index (χ0) is 15.2. The smallest absolute Gasteiger partial charge is 0.322 e. The van der Waals surface area contributed by atoms with Gasteiger partial charge in [0.1, 0.15) is 12.4 Å². The molecule has 1 aromatic heterocycles. The van der Waals surface area contributed by atoms with Gasteiger partial charge in [-0.25, -0.2) is 4.98 Å². The third-order valence-electron chi connectivity index (χ3n) is 3.21. The second-order valence-electron chi connectivity index (χ2n) is 4.77. The highest BCUT2D eigenvalue weighted by molar-refractivity contribution is 6.30. The minimum atomic E-state index is -1.04. The van der Waals surface area contributed by atoms with E-state index in [0.29, 0.717) is 5.02 Å². The summed E-state index contributed by atoms with van der Waals surface area (Å²) < 4.78 is 0. The molecule has 0 saturated carbocycles. The van der Waals surface area contributed by atoms with Crippen molar-refractivity contribution >= 4 is 29.3 Å². The van der Waals surface area contributed by atoms with Crippen molar-refractivity contribution in [2.24, 2.45) is 0 Å². The Hall–Kier alpha value is -1.86. The lowest BCUT2D eigenvalue weighted by Crippen LogP contribution is -2.50. The number of nitrogens with zero attached hydrogens (tertiary/aromatic N) is 3. The normalized spacial score (nSPS) is 15.8. The molecule has 114 valence electrons. The number of amides is 1. The molecule has 0 atom stereocenters. The van der Waals surface area contributed by atoms with E-state index in [2.05, 4.69) is 15.2 Å². The lowest BCUT2D eigenvalue weighted by molar-refractivity contribution is -0.138. The Kier molecular flexibility index (Phi) is 5.35. The van der Waals surface area contributed by atoms with Crippen molar-refractivity contribution in [2.75, 3.05) is 44.2 Å². The predicted molar refractivity (Wildman–Crippen MR) is 78.5 cm³/mol. The Balaban J connectivity index is 1.76. The molecule has 2 rings (SSSR count). The number of piperazine rings is 1. The van der Waals surface area contributed by atoms with E-state index in [1.54, 1.807) is 12.3 Å². The molecule has 1 saturated heterocycles. The highest BCUT2D eigenvalue weighted by Crippen LogP contribution is 2.15. The minimum Gasteiger partial charge on any atom is -0.480 e. The van der Waals surface area contributed by atoms with Crippen molar-refractivity contribution in [3.05, 3.63) is 23.4 Å². The average molecular weight is 313 g/mol. The first-order valence-electron chi connectivity index (χ1n) is 6.62. The quantitative estimate of drug-likeness (QED) is 0.799. The van der Waals surface area contributed by atoms with Crippen LogP contribution in [0.5, 0.6) is 0 Å². The molecule has 7 nitrogen and oxygen atoms in total. The van der Waals surface area contributed by atoms with Gasteiger partial charge in [0.05, 0.1) is 11.6 Å². The molecule has 0 radical (unpaired) electrons. The maximum Gasteiger partial charge on any atom is 0.322 e. The van der Waals surface area contributed by atoms with Crippen LogP contribution in [0.4, 0.5) is 5.82 Å². The van der Waals surface area contributed by atoms with Crippen LogP contribution in [-0.2, 0) is 9.59 Å². The number of aromatic nitrogens is 1. The topological polar surface area (TPSA) is 85.8 Å². The molecule has 2 heterocycles. The van der Waals surface area contributed by atoms with Gasteiger partial charge >= 0.3 is 5.97 Å². The summed E-state index contributed by atoms with van der Waals surface area (Å²) >= 11 is 5.81. The zero-order valence-electron chi connectivity index (χ0n) is 11.5. The number of carbonyl (C=O) groups is 2. The van der Waals surface area contributed by atoms with Gasteiger partial charge in [0.2, 0.25) is 5.91 Å². The van der Waals surface area contributed by atoms with E-state index >= 15 is 0 Å². The third kappa shape index (κ3) is 4.87. The first-order chi connectivity index (χ1) is 10.0. The molecular weight excluding hydrogens is 296 g/mol. The van der Waals surface area contributed by atoms with E-state index in [1.165, 1.54) is 0 Å². The second-order valence-corrected chi connectivity index (χ2v) is 5.20. The van der Waals surface area contributed by atoms with Crippen LogP contribution >= 0.6 is 11.6 Å². The number of hydrogen-bond acceptors (Lipinski definition) is 5. The van der Waals surface area contributed by atoms with Gasteiger partial charge in [0.25, 0.3) is 0 Å². The maximum absolute atomic E-state index is 11.5. The number of carbonyl (C=O) groups excluding carboxylic acids is 1. The van der Waals surface area contributed by atoms with Gasteiger partial charge in [-0.05, 0) is 12.1 Å². The van der Waals surface area contributed by atoms with Crippen LogP contribution in [0.15, 0.2) is 18.3 Å². The van der Waals surface area contributed by atoms with Gasteiger partial charge in [-0.3, -0.25) is 14.5 Å². The van der Waals surface area contributed by atoms with Crippen molar-refractivity contribution in [2.45, 2.75) is 0 Å². The monoisotopic (exact) mass is 312 g/mol. The average Bonchev–Trinajstić information content (AvgIpc) is 2.47. The first kappa shape index (κ1) is 15.5. The molecule has 1 aromatic rings. The van der Waals surface area contributed by atoms with E-state index in [0.717, 1.165) is 32.0 Å². The van der Waals surface area contributed by atoms with Gasteiger partial charge in [-0.15, -0.1) is 0 Å². The fraction of sp³-hybridized carbons (Fsp3) is 0.462. The van der Waals surface area contributed by atoms with E-state index < -0.39 is 5.97 Å². The van der Waals surface area contributed by atoms with Gasteiger partial charge in [-0.2, -0.15) is 0 Å². The molecule has 1 fully saturated rings. The number of rotatable bonds is 5. The summed E-state index contributed by atoms with van der Waals surface area (Å²) in [5.74, 6) is -0.438. The van der Waals surface area contributed by atoms with Crippen molar-refractivity contribution in [1.82, 2.24) is 15.2 Å². The lowest BCUT2D eigenvalue weighted by atomic mass is 10.3. The van der Waals surface area contributed by atoms with Crippen LogP contribution in [0.3, 0.4) is 0 Å². The summed E-state index contributed by atoms with van der Waals surface area (Å²) in [5, 5.41) is 11.5. The van der Waals surface area contributed by atoms with Gasteiger partial charge < -0.3 is 15.3 Å². The van der Waals surface area contributed by atoms with Crippen LogP contribution < -0.4 is 10.2 Å². The molecular formula is C13H17ClN4O3. The second kappa shape index (κ2) is 7.24. The fourth-order valence-corrected chi connectivity index (χ4v) is 2.24. The van der Waals surface area contributed by atoms with Crippen molar-refractivity contribution in [3.63, 3.8) is 0 Å². The molecule has 8 heteroatoms. The lowest BCUT2D eigenvalue weighted by Gasteiger charge is -2.34. The Labute approximate surface area is 127 Å². The summed E-state index contributed by atoms with van der Waals surface area (Å²) in [5.41, 5.74) is 0. The summed E-state index contributed by atoms with van der Waals surface area (Å²) in [7, 11) is 0. The van der Waals surface area contributed by atoms with E-state index in [9.17, 15) is 9.59 Å². The molecule has 2 N–H and O–H groups in total.